The van der Waals surface area contributed by atoms with E-state index >= 15 is 0 Å². The van der Waals surface area contributed by atoms with Gasteiger partial charge in [0.2, 0.25) is 0 Å². The Hall–Kier alpha value is -1.51. The van der Waals surface area contributed by atoms with Gasteiger partial charge in [-0.05, 0) is 42.9 Å². The lowest BCUT2D eigenvalue weighted by Crippen LogP contribution is -2.43. The first kappa shape index (κ1) is 17.5. The van der Waals surface area contributed by atoms with Gasteiger partial charge >= 0.3 is 0 Å². The minimum Gasteiger partial charge on any atom is -0.481 e. The van der Waals surface area contributed by atoms with E-state index in [1.807, 2.05) is 19.1 Å². The molecule has 21 heavy (non-hydrogen) atoms. The predicted molar refractivity (Wildman–Crippen MR) is 87.7 cm³/mol. The van der Waals surface area contributed by atoms with Crippen LogP contribution in [0.1, 0.15) is 54.0 Å². The van der Waals surface area contributed by atoms with E-state index in [1.165, 1.54) is 5.56 Å². The smallest absolute Gasteiger partial charge is 0.260 e. The molecule has 1 N–H and O–H groups in total. The van der Waals surface area contributed by atoms with Gasteiger partial charge in [0.1, 0.15) is 5.75 Å². The van der Waals surface area contributed by atoms with Crippen LogP contribution in [-0.2, 0) is 10.2 Å². The average molecular weight is 291 g/mol. The van der Waals surface area contributed by atoms with Gasteiger partial charge in [0.25, 0.3) is 5.91 Å². The molecular formula is C18H29NO2. The van der Waals surface area contributed by atoms with Crippen molar-refractivity contribution < 1.29 is 9.53 Å². The Morgan fingerprint density at radius 1 is 1.05 bits per heavy atom. The second-order valence-corrected chi connectivity index (χ2v) is 7.08. The van der Waals surface area contributed by atoms with Crippen molar-refractivity contribution in [2.75, 3.05) is 0 Å². The van der Waals surface area contributed by atoms with E-state index in [4.69, 9.17) is 4.74 Å². The lowest BCUT2D eigenvalue weighted by molar-refractivity contribution is -0.128. The summed E-state index contributed by atoms with van der Waals surface area (Å²) in [5, 5.41) is 2.97. The summed E-state index contributed by atoms with van der Waals surface area (Å²) in [6.07, 6.45) is -0.494. The van der Waals surface area contributed by atoms with Gasteiger partial charge in [-0.1, -0.05) is 46.8 Å². The van der Waals surface area contributed by atoms with Gasteiger partial charge in [0.15, 0.2) is 6.10 Å². The summed E-state index contributed by atoms with van der Waals surface area (Å²) in [5.74, 6) is 1.06. The Balaban J connectivity index is 2.62. The molecule has 1 rings (SSSR count). The zero-order valence-corrected chi connectivity index (χ0v) is 14.4. The van der Waals surface area contributed by atoms with Crippen molar-refractivity contribution in [3.8, 4) is 5.75 Å². The number of ether oxygens (including phenoxy) is 1. The first-order valence-corrected chi connectivity index (χ1v) is 7.69. The molecule has 118 valence electrons. The molecule has 0 bridgehead atoms. The van der Waals surface area contributed by atoms with E-state index in [9.17, 15) is 4.79 Å². The zero-order chi connectivity index (χ0) is 16.2. The lowest BCUT2D eigenvalue weighted by Gasteiger charge is -2.22. The lowest BCUT2D eigenvalue weighted by atomic mass is 9.87. The first-order chi connectivity index (χ1) is 9.61. The van der Waals surface area contributed by atoms with Gasteiger partial charge in [-0.15, -0.1) is 0 Å². The summed E-state index contributed by atoms with van der Waals surface area (Å²) in [4.78, 5) is 12.1. The Morgan fingerprint density at radius 3 is 2.00 bits per heavy atom. The Bertz CT molecular complexity index is 457. The van der Waals surface area contributed by atoms with Crippen LogP contribution in [0.2, 0.25) is 0 Å². The number of amides is 1. The molecule has 0 fully saturated rings. The molecule has 0 radical (unpaired) electrons. The Morgan fingerprint density at radius 2 is 1.57 bits per heavy atom. The summed E-state index contributed by atoms with van der Waals surface area (Å²) in [6, 6.07) is 8.10. The normalized spacial score (nSPS) is 14.7. The fourth-order valence-electron chi connectivity index (χ4n) is 1.80. The molecule has 2 atom stereocenters. The number of carbonyl (C=O) groups is 1. The van der Waals surface area contributed by atoms with Crippen LogP contribution in [0.3, 0.4) is 0 Å². The summed E-state index contributed by atoms with van der Waals surface area (Å²) in [5.41, 5.74) is 1.37. The number of benzene rings is 1. The van der Waals surface area contributed by atoms with Crippen molar-refractivity contribution in [2.24, 2.45) is 5.92 Å². The molecular weight excluding hydrogens is 262 g/mol. The van der Waals surface area contributed by atoms with Crippen molar-refractivity contribution in [3.05, 3.63) is 29.8 Å². The highest BCUT2D eigenvalue weighted by Gasteiger charge is 2.19. The van der Waals surface area contributed by atoms with E-state index in [0.717, 1.165) is 5.75 Å². The summed E-state index contributed by atoms with van der Waals surface area (Å²) in [7, 11) is 0. The van der Waals surface area contributed by atoms with Crippen molar-refractivity contribution in [1.82, 2.24) is 5.32 Å². The standard InChI is InChI=1S/C18H29NO2/c1-12(2)13(3)19-17(20)14(4)21-16-10-8-15(9-11-16)18(5,6)7/h8-14H,1-7H3,(H,19,20)/t13-,14-/m1/s1. The average Bonchev–Trinajstić information content (AvgIpc) is 2.37. The third-order valence-corrected chi connectivity index (χ3v) is 3.77. The molecule has 1 aromatic carbocycles. The maximum absolute atomic E-state index is 12.1. The van der Waals surface area contributed by atoms with Crippen molar-refractivity contribution in [2.45, 2.75) is 66.0 Å². The second kappa shape index (κ2) is 6.97. The molecule has 0 aromatic heterocycles. The minimum absolute atomic E-state index is 0.0731. The molecule has 3 heteroatoms. The molecule has 3 nitrogen and oxygen atoms in total. The van der Waals surface area contributed by atoms with Crippen molar-refractivity contribution in [1.29, 1.82) is 0 Å². The minimum atomic E-state index is -0.494. The van der Waals surface area contributed by atoms with E-state index in [0.29, 0.717) is 5.92 Å². The highest BCUT2D eigenvalue weighted by Crippen LogP contribution is 2.24. The monoisotopic (exact) mass is 291 g/mol. The first-order valence-electron chi connectivity index (χ1n) is 7.69. The third-order valence-electron chi connectivity index (χ3n) is 3.77. The van der Waals surface area contributed by atoms with Crippen LogP contribution in [0.25, 0.3) is 0 Å². The van der Waals surface area contributed by atoms with E-state index in [2.05, 4.69) is 52.1 Å². The highest BCUT2D eigenvalue weighted by molar-refractivity contribution is 5.81. The molecule has 1 amide bonds. The largest absolute Gasteiger partial charge is 0.481 e. The number of rotatable bonds is 5. The Kier molecular flexibility index (Phi) is 5.82. The van der Waals surface area contributed by atoms with Gasteiger partial charge in [-0.25, -0.2) is 0 Å². The van der Waals surface area contributed by atoms with E-state index < -0.39 is 6.10 Å². The third kappa shape index (κ3) is 5.41. The summed E-state index contributed by atoms with van der Waals surface area (Å²) in [6.45, 7) is 14.5. The SMILES string of the molecule is CC(C)[C@@H](C)NC(=O)[C@@H](C)Oc1ccc(C(C)(C)C)cc1. The number of carbonyl (C=O) groups excluding carboxylic acids is 1. The summed E-state index contributed by atoms with van der Waals surface area (Å²) >= 11 is 0. The molecule has 0 aliphatic carbocycles. The van der Waals surface area contributed by atoms with Crippen LogP contribution < -0.4 is 10.1 Å². The van der Waals surface area contributed by atoms with Crippen molar-refractivity contribution >= 4 is 5.91 Å². The van der Waals surface area contributed by atoms with Crippen LogP contribution in [0.4, 0.5) is 0 Å². The zero-order valence-electron chi connectivity index (χ0n) is 14.4. The molecule has 0 aliphatic heterocycles. The van der Waals surface area contributed by atoms with Gasteiger partial charge < -0.3 is 10.1 Å². The number of hydrogen-bond donors (Lipinski definition) is 1. The van der Waals surface area contributed by atoms with E-state index in [1.54, 1.807) is 6.92 Å². The molecule has 0 saturated heterocycles. The maximum Gasteiger partial charge on any atom is 0.260 e. The fraction of sp³-hybridized carbons (Fsp3) is 0.611. The predicted octanol–water partition coefficient (Wildman–Crippen LogP) is 3.91. The highest BCUT2D eigenvalue weighted by atomic mass is 16.5. The second-order valence-electron chi connectivity index (χ2n) is 7.08. The van der Waals surface area contributed by atoms with Crippen LogP contribution in [-0.4, -0.2) is 18.1 Å². The van der Waals surface area contributed by atoms with Crippen molar-refractivity contribution in [3.63, 3.8) is 0 Å². The van der Waals surface area contributed by atoms with Gasteiger partial charge in [-0.3, -0.25) is 4.79 Å². The van der Waals surface area contributed by atoms with Gasteiger partial charge in [-0.2, -0.15) is 0 Å². The topological polar surface area (TPSA) is 38.3 Å². The molecule has 0 spiro atoms. The number of nitrogens with one attached hydrogen (secondary N) is 1. The molecule has 0 aliphatic rings. The molecule has 0 heterocycles. The number of hydrogen-bond acceptors (Lipinski definition) is 2. The Labute approximate surface area is 129 Å². The van der Waals surface area contributed by atoms with Crippen LogP contribution >= 0.6 is 0 Å². The van der Waals surface area contributed by atoms with Gasteiger partial charge in [0, 0.05) is 6.04 Å². The van der Waals surface area contributed by atoms with Gasteiger partial charge in [0.05, 0.1) is 0 Å². The molecule has 1 aromatic rings. The molecule has 0 saturated carbocycles. The summed E-state index contributed by atoms with van der Waals surface area (Å²) < 4.78 is 5.71. The quantitative estimate of drug-likeness (QED) is 0.893. The van der Waals surface area contributed by atoms with Crippen LogP contribution in [0, 0.1) is 5.92 Å². The van der Waals surface area contributed by atoms with Crippen LogP contribution in [0.5, 0.6) is 5.75 Å². The molecule has 0 unspecified atom stereocenters. The van der Waals surface area contributed by atoms with E-state index in [-0.39, 0.29) is 17.4 Å². The maximum atomic E-state index is 12.1. The fourth-order valence-corrected chi connectivity index (χ4v) is 1.80. The van der Waals surface area contributed by atoms with Crippen LogP contribution in [0.15, 0.2) is 24.3 Å².